The van der Waals surface area contributed by atoms with E-state index < -0.39 is 0 Å². The molecule has 3 heteroatoms. The van der Waals surface area contributed by atoms with Crippen LogP contribution in [-0.2, 0) is 19.5 Å². The lowest BCUT2D eigenvalue weighted by Crippen LogP contribution is -2.04. The molecular formula is C15H20N2O. The van der Waals surface area contributed by atoms with Crippen LogP contribution in [0.5, 0.6) is 5.75 Å². The van der Waals surface area contributed by atoms with Crippen molar-refractivity contribution in [2.75, 3.05) is 14.2 Å². The van der Waals surface area contributed by atoms with Gasteiger partial charge in [-0.3, -0.25) is 0 Å². The first-order valence-corrected chi connectivity index (χ1v) is 6.24. The number of hydrogen-bond donors (Lipinski definition) is 1. The third-order valence-electron chi connectivity index (χ3n) is 3.01. The van der Waals surface area contributed by atoms with Crippen LogP contribution in [0.15, 0.2) is 42.7 Å². The van der Waals surface area contributed by atoms with Crippen molar-refractivity contribution in [1.82, 2.24) is 9.88 Å². The maximum absolute atomic E-state index is 5.15. The van der Waals surface area contributed by atoms with Gasteiger partial charge in [0.2, 0.25) is 0 Å². The molecule has 3 nitrogen and oxygen atoms in total. The van der Waals surface area contributed by atoms with Crippen LogP contribution in [0.3, 0.4) is 0 Å². The molecule has 1 aromatic heterocycles. The highest BCUT2D eigenvalue weighted by molar-refractivity contribution is 5.27. The Morgan fingerprint density at radius 3 is 2.56 bits per heavy atom. The number of ether oxygens (including phenoxy) is 1. The fourth-order valence-corrected chi connectivity index (χ4v) is 1.99. The smallest absolute Gasteiger partial charge is 0.118 e. The first-order valence-electron chi connectivity index (χ1n) is 6.24. The molecule has 0 aliphatic heterocycles. The van der Waals surface area contributed by atoms with Gasteiger partial charge in [-0.15, -0.1) is 0 Å². The number of methoxy groups -OCH3 is 1. The molecule has 0 aliphatic rings. The number of aromatic nitrogens is 1. The molecule has 0 atom stereocenters. The third kappa shape index (κ3) is 3.37. The molecule has 0 bridgehead atoms. The zero-order chi connectivity index (χ0) is 12.8. The number of hydrogen-bond acceptors (Lipinski definition) is 2. The van der Waals surface area contributed by atoms with Crippen molar-refractivity contribution in [2.24, 2.45) is 0 Å². The van der Waals surface area contributed by atoms with Crippen LogP contribution in [0.25, 0.3) is 0 Å². The van der Waals surface area contributed by atoms with Crippen molar-refractivity contribution in [3.05, 3.63) is 53.9 Å². The summed E-state index contributed by atoms with van der Waals surface area (Å²) in [5.41, 5.74) is 2.66. The predicted molar refractivity (Wildman–Crippen MR) is 73.9 cm³/mol. The Morgan fingerprint density at radius 1 is 1.11 bits per heavy atom. The topological polar surface area (TPSA) is 26.2 Å². The maximum Gasteiger partial charge on any atom is 0.118 e. The quantitative estimate of drug-likeness (QED) is 0.844. The van der Waals surface area contributed by atoms with Gasteiger partial charge in [0.25, 0.3) is 0 Å². The van der Waals surface area contributed by atoms with E-state index in [4.69, 9.17) is 4.74 Å². The summed E-state index contributed by atoms with van der Waals surface area (Å²) in [6.07, 6.45) is 5.37. The Balaban J connectivity index is 1.89. The molecule has 0 radical (unpaired) electrons. The van der Waals surface area contributed by atoms with E-state index in [1.54, 1.807) is 7.11 Å². The Hall–Kier alpha value is -1.74. The van der Waals surface area contributed by atoms with Crippen LogP contribution in [0.1, 0.15) is 11.1 Å². The van der Waals surface area contributed by atoms with E-state index in [0.29, 0.717) is 0 Å². The molecule has 18 heavy (non-hydrogen) atoms. The monoisotopic (exact) mass is 244 g/mol. The van der Waals surface area contributed by atoms with Gasteiger partial charge in [0, 0.05) is 25.5 Å². The summed E-state index contributed by atoms with van der Waals surface area (Å²) in [6, 6.07) is 10.4. The summed E-state index contributed by atoms with van der Waals surface area (Å²) < 4.78 is 7.38. The van der Waals surface area contributed by atoms with Crippen molar-refractivity contribution < 1.29 is 4.74 Å². The average molecular weight is 244 g/mol. The fourth-order valence-electron chi connectivity index (χ4n) is 1.99. The summed E-state index contributed by atoms with van der Waals surface area (Å²) in [6.45, 7) is 1.94. The lowest BCUT2D eigenvalue weighted by molar-refractivity contribution is 0.414. The summed E-state index contributed by atoms with van der Waals surface area (Å²) in [5, 5.41) is 3.16. The number of rotatable bonds is 6. The Kier molecular flexibility index (Phi) is 4.42. The summed E-state index contributed by atoms with van der Waals surface area (Å²) in [4.78, 5) is 0. The molecule has 96 valence electrons. The Bertz CT molecular complexity index is 473. The maximum atomic E-state index is 5.15. The highest BCUT2D eigenvalue weighted by Gasteiger charge is 1.98. The van der Waals surface area contributed by atoms with Crippen LogP contribution < -0.4 is 10.1 Å². The second-order valence-corrected chi connectivity index (χ2v) is 4.39. The van der Waals surface area contributed by atoms with Crippen molar-refractivity contribution in [2.45, 2.75) is 19.5 Å². The normalized spacial score (nSPS) is 10.6. The van der Waals surface area contributed by atoms with Gasteiger partial charge in [-0.1, -0.05) is 12.1 Å². The first kappa shape index (κ1) is 12.7. The average Bonchev–Trinajstić information content (AvgIpc) is 2.85. The second-order valence-electron chi connectivity index (χ2n) is 4.39. The summed E-state index contributed by atoms with van der Waals surface area (Å²) in [5.74, 6) is 0.913. The van der Waals surface area contributed by atoms with Crippen LogP contribution in [0, 0.1) is 0 Å². The third-order valence-corrected chi connectivity index (χ3v) is 3.01. The summed E-state index contributed by atoms with van der Waals surface area (Å²) in [7, 11) is 3.66. The minimum atomic E-state index is 0.913. The number of aryl methyl sites for hydroxylation is 2. The van der Waals surface area contributed by atoms with E-state index in [-0.39, 0.29) is 0 Å². The van der Waals surface area contributed by atoms with Gasteiger partial charge >= 0.3 is 0 Å². The van der Waals surface area contributed by atoms with Crippen molar-refractivity contribution >= 4 is 0 Å². The van der Waals surface area contributed by atoms with Gasteiger partial charge < -0.3 is 14.6 Å². The van der Waals surface area contributed by atoms with Gasteiger partial charge in [0.15, 0.2) is 0 Å². The SMILES string of the molecule is CNCc1ccn(CCc2ccc(OC)cc2)c1. The largest absolute Gasteiger partial charge is 0.497 e. The molecule has 2 rings (SSSR count). The van der Waals surface area contributed by atoms with Crippen LogP contribution in [0.4, 0.5) is 0 Å². The van der Waals surface area contributed by atoms with Crippen molar-refractivity contribution in [1.29, 1.82) is 0 Å². The molecule has 1 aromatic carbocycles. The van der Waals surface area contributed by atoms with Gasteiger partial charge in [-0.2, -0.15) is 0 Å². The van der Waals surface area contributed by atoms with E-state index in [0.717, 1.165) is 25.3 Å². The molecule has 0 spiro atoms. The standard InChI is InChI=1S/C15H20N2O/c1-16-11-14-8-10-17(12-14)9-7-13-3-5-15(18-2)6-4-13/h3-6,8,10,12,16H,7,9,11H2,1-2H3. The molecule has 0 aliphatic carbocycles. The van der Waals surface area contributed by atoms with Gasteiger partial charge in [0.05, 0.1) is 7.11 Å². The van der Waals surface area contributed by atoms with Gasteiger partial charge in [-0.25, -0.2) is 0 Å². The Labute approximate surface area is 108 Å². The highest BCUT2D eigenvalue weighted by atomic mass is 16.5. The highest BCUT2D eigenvalue weighted by Crippen LogP contribution is 2.12. The van der Waals surface area contributed by atoms with Crippen molar-refractivity contribution in [3.8, 4) is 5.75 Å². The van der Waals surface area contributed by atoms with E-state index in [1.807, 2.05) is 19.2 Å². The number of benzene rings is 1. The van der Waals surface area contributed by atoms with Crippen molar-refractivity contribution in [3.63, 3.8) is 0 Å². The minimum absolute atomic E-state index is 0.913. The number of nitrogens with one attached hydrogen (secondary N) is 1. The zero-order valence-corrected chi connectivity index (χ0v) is 11.0. The molecule has 0 unspecified atom stereocenters. The zero-order valence-electron chi connectivity index (χ0n) is 11.0. The first-order chi connectivity index (χ1) is 8.81. The molecule has 0 saturated heterocycles. The molecule has 1 N–H and O–H groups in total. The minimum Gasteiger partial charge on any atom is -0.497 e. The van der Waals surface area contributed by atoms with E-state index in [9.17, 15) is 0 Å². The molecule has 1 heterocycles. The lowest BCUT2D eigenvalue weighted by Gasteiger charge is -2.05. The van der Waals surface area contributed by atoms with E-state index >= 15 is 0 Å². The fraction of sp³-hybridized carbons (Fsp3) is 0.333. The van der Waals surface area contributed by atoms with E-state index in [2.05, 4.69) is 40.5 Å². The number of nitrogens with zero attached hydrogens (tertiary/aromatic N) is 1. The predicted octanol–water partition coefficient (Wildman–Crippen LogP) is 2.46. The van der Waals surface area contributed by atoms with Gasteiger partial charge in [0.1, 0.15) is 5.75 Å². The second kappa shape index (κ2) is 6.26. The molecular weight excluding hydrogens is 224 g/mol. The van der Waals surface area contributed by atoms with E-state index in [1.165, 1.54) is 11.1 Å². The lowest BCUT2D eigenvalue weighted by atomic mass is 10.1. The Morgan fingerprint density at radius 2 is 1.89 bits per heavy atom. The van der Waals surface area contributed by atoms with Gasteiger partial charge in [-0.05, 0) is 42.8 Å². The molecule has 0 amide bonds. The molecule has 0 saturated carbocycles. The van der Waals surface area contributed by atoms with Crippen LogP contribution in [0.2, 0.25) is 0 Å². The van der Waals surface area contributed by atoms with Crippen LogP contribution >= 0.6 is 0 Å². The van der Waals surface area contributed by atoms with Crippen LogP contribution in [-0.4, -0.2) is 18.7 Å². The molecule has 0 fully saturated rings. The molecule has 2 aromatic rings. The summed E-state index contributed by atoms with van der Waals surface area (Å²) >= 11 is 0.